The molecule has 0 aromatic heterocycles. The molecule has 2 aromatic carbocycles. The zero-order chi connectivity index (χ0) is 21.3. The molecule has 1 unspecified atom stereocenters. The van der Waals surface area contributed by atoms with Crippen molar-refractivity contribution in [3.63, 3.8) is 0 Å². The first-order valence-corrected chi connectivity index (χ1v) is 11.6. The summed E-state index contributed by atoms with van der Waals surface area (Å²) >= 11 is 0. The molecule has 29 heavy (non-hydrogen) atoms. The fourth-order valence-electron chi connectivity index (χ4n) is 2.99. The lowest BCUT2D eigenvalue weighted by Crippen LogP contribution is -2.46. The minimum atomic E-state index is -3.15. The van der Waals surface area contributed by atoms with E-state index in [0.29, 0.717) is 17.5 Å². The Labute approximate surface area is 175 Å². The molecule has 0 amide bonds. The Morgan fingerprint density at radius 1 is 1.00 bits per heavy atom. The molecule has 2 rings (SSSR count). The van der Waals surface area contributed by atoms with Crippen molar-refractivity contribution >= 4 is 15.8 Å². The third-order valence-corrected chi connectivity index (χ3v) is 5.96. The van der Waals surface area contributed by atoms with Gasteiger partial charge in [0.1, 0.15) is 0 Å². The zero-order valence-electron chi connectivity index (χ0n) is 17.7. The summed E-state index contributed by atoms with van der Waals surface area (Å²) in [5, 5.41) is 6.73. The van der Waals surface area contributed by atoms with Gasteiger partial charge < -0.3 is 15.5 Å². The molecular weight excluding hydrogens is 384 g/mol. The summed E-state index contributed by atoms with van der Waals surface area (Å²) in [7, 11) is 2.79. The van der Waals surface area contributed by atoms with Crippen LogP contribution < -0.4 is 10.6 Å². The Morgan fingerprint density at radius 3 is 2.21 bits per heavy atom. The molecule has 0 aliphatic carbocycles. The van der Waals surface area contributed by atoms with Crippen LogP contribution in [0.25, 0.3) is 0 Å². The summed E-state index contributed by atoms with van der Waals surface area (Å²) in [5.74, 6) is 0.762. The van der Waals surface area contributed by atoms with Crippen molar-refractivity contribution in [1.82, 2.24) is 15.5 Å². The molecule has 158 valence electrons. The quantitative estimate of drug-likeness (QED) is 0.483. The minimum Gasteiger partial charge on any atom is -0.356 e. The minimum absolute atomic E-state index is 0.347. The first-order valence-electron chi connectivity index (χ1n) is 9.73. The molecule has 6 nitrogen and oxygen atoms in total. The summed E-state index contributed by atoms with van der Waals surface area (Å²) in [5.41, 5.74) is 2.39. The number of guanidine groups is 1. The Balaban J connectivity index is 1.82. The Morgan fingerprint density at radius 2 is 1.66 bits per heavy atom. The number of nitrogens with one attached hydrogen (secondary N) is 2. The molecule has 0 aliphatic heterocycles. The average Bonchev–Trinajstić information content (AvgIpc) is 2.69. The van der Waals surface area contributed by atoms with Crippen molar-refractivity contribution in [2.45, 2.75) is 23.8 Å². The molecule has 0 radical (unpaired) electrons. The van der Waals surface area contributed by atoms with Crippen LogP contribution in [-0.4, -0.2) is 65.8 Å². The molecule has 1 atom stereocenters. The number of aliphatic imine (C=N–C) groups is 1. The molecule has 0 aliphatic rings. The molecular formula is C22H32N4O2S. The van der Waals surface area contributed by atoms with Gasteiger partial charge in [-0.25, -0.2) is 8.42 Å². The second-order valence-corrected chi connectivity index (χ2v) is 9.37. The lowest BCUT2D eigenvalue weighted by molar-refractivity contribution is 0.290. The van der Waals surface area contributed by atoms with Crippen LogP contribution in [0.5, 0.6) is 0 Å². The molecule has 0 saturated heterocycles. The summed E-state index contributed by atoms with van der Waals surface area (Å²) in [6.45, 7) is 1.49. The smallest absolute Gasteiger partial charge is 0.191 e. The predicted molar refractivity (Wildman–Crippen MR) is 120 cm³/mol. The van der Waals surface area contributed by atoms with Crippen LogP contribution in [-0.2, 0) is 22.7 Å². The van der Waals surface area contributed by atoms with Gasteiger partial charge in [0.15, 0.2) is 15.8 Å². The summed E-state index contributed by atoms with van der Waals surface area (Å²) in [6, 6.07) is 17.8. The molecule has 2 aromatic rings. The highest BCUT2D eigenvalue weighted by Gasteiger charge is 2.13. The Bertz CT molecular complexity index is 879. The first kappa shape index (κ1) is 22.9. The third-order valence-electron chi connectivity index (χ3n) is 4.83. The highest BCUT2D eigenvalue weighted by Crippen LogP contribution is 2.10. The van der Waals surface area contributed by atoms with Crippen molar-refractivity contribution in [2.24, 2.45) is 4.99 Å². The van der Waals surface area contributed by atoms with Gasteiger partial charge in [0.2, 0.25) is 0 Å². The van der Waals surface area contributed by atoms with Gasteiger partial charge in [-0.15, -0.1) is 0 Å². The molecule has 2 N–H and O–H groups in total. The average molecular weight is 417 g/mol. The van der Waals surface area contributed by atoms with E-state index in [4.69, 9.17) is 0 Å². The molecule has 7 heteroatoms. The number of nitrogens with zero attached hydrogens (tertiary/aromatic N) is 2. The summed E-state index contributed by atoms with van der Waals surface area (Å²) in [6.07, 6.45) is 2.97. The maximum Gasteiger partial charge on any atom is 0.191 e. The van der Waals surface area contributed by atoms with Crippen molar-refractivity contribution < 1.29 is 8.42 Å². The van der Waals surface area contributed by atoms with E-state index in [0.717, 1.165) is 30.9 Å². The molecule has 0 bridgehead atoms. The van der Waals surface area contributed by atoms with Crippen molar-refractivity contribution in [2.75, 3.05) is 40.5 Å². The topological polar surface area (TPSA) is 73.8 Å². The maximum absolute atomic E-state index is 11.5. The number of likely N-dealkylation sites (N-methyl/N-ethyl adjacent to an activating group) is 1. The number of hydrogen-bond acceptors (Lipinski definition) is 4. The van der Waals surface area contributed by atoms with Gasteiger partial charge in [0.25, 0.3) is 0 Å². The van der Waals surface area contributed by atoms with E-state index < -0.39 is 9.84 Å². The van der Waals surface area contributed by atoms with E-state index in [1.807, 2.05) is 18.2 Å². The molecule has 0 spiro atoms. The summed E-state index contributed by atoms with van der Waals surface area (Å²) < 4.78 is 23.1. The Kier molecular flexibility index (Phi) is 8.67. The van der Waals surface area contributed by atoms with E-state index >= 15 is 0 Å². The van der Waals surface area contributed by atoms with Crippen LogP contribution in [0.3, 0.4) is 0 Å². The van der Waals surface area contributed by atoms with E-state index in [1.165, 1.54) is 11.8 Å². The largest absolute Gasteiger partial charge is 0.356 e. The van der Waals surface area contributed by atoms with Crippen LogP contribution in [0.2, 0.25) is 0 Å². The van der Waals surface area contributed by atoms with E-state index in [9.17, 15) is 8.42 Å². The Hall–Kier alpha value is -2.38. The fraction of sp³-hybridized carbons (Fsp3) is 0.409. The molecule has 0 fully saturated rings. The monoisotopic (exact) mass is 416 g/mol. The van der Waals surface area contributed by atoms with E-state index in [1.54, 1.807) is 19.2 Å². The second kappa shape index (κ2) is 11.0. The van der Waals surface area contributed by atoms with Crippen molar-refractivity contribution in [1.29, 1.82) is 0 Å². The van der Waals surface area contributed by atoms with Gasteiger partial charge in [-0.2, -0.15) is 0 Å². The maximum atomic E-state index is 11.5. The number of rotatable bonds is 9. The molecule has 0 saturated carbocycles. The van der Waals surface area contributed by atoms with Crippen molar-refractivity contribution in [3.05, 3.63) is 65.7 Å². The van der Waals surface area contributed by atoms with Crippen LogP contribution in [0.15, 0.2) is 64.5 Å². The summed E-state index contributed by atoms with van der Waals surface area (Å²) in [4.78, 5) is 6.87. The van der Waals surface area contributed by atoms with Gasteiger partial charge in [-0.1, -0.05) is 42.5 Å². The van der Waals surface area contributed by atoms with Crippen molar-refractivity contribution in [3.8, 4) is 0 Å². The fourth-order valence-corrected chi connectivity index (χ4v) is 3.62. The zero-order valence-corrected chi connectivity index (χ0v) is 18.5. The number of hydrogen-bond donors (Lipinski definition) is 2. The van der Waals surface area contributed by atoms with Crippen LogP contribution in [0.1, 0.15) is 11.1 Å². The number of sulfone groups is 1. The standard InChI is InChI=1S/C22H32N4O2S/c1-23-22(24-15-14-18-10-12-21(13-11-18)29(4,27)28)25-17-20(26(2)3)16-19-8-6-5-7-9-19/h5-13,20H,14-17H2,1-4H3,(H2,23,24,25). The lowest BCUT2D eigenvalue weighted by atomic mass is 10.1. The highest BCUT2D eigenvalue weighted by molar-refractivity contribution is 7.90. The SMILES string of the molecule is CN=C(NCCc1ccc(S(C)(=O)=O)cc1)NCC(Cc1ccccc1)N(C)C. The highest BCUT2D eigenvalue weighted by atomic mass is 32.2. The van der Waals surface area contributed by atoms with Gasteiger partial charge in [0.05, 0.1) is 4.90 Å². The van der Waals surface area contributed by atoms with Crippen LogP contribution in [0.4, 0.5) is 0 Å². The van der Waals surface area contributed by atoms with Gasteiger partial charge >= 0.3 is 0 Å². The first-order chi connectivity index (χ1) is 13.8. The predicted octanol–water partition coefficient (Wildman–Crippen LogP) is 1.97. The van der Waals surface area contributed by atoms with Gasteiger partial charge in [0, 0.05) is 32.4 Å². The lowest BCUT2D eigenvalue weighted by Gasteiger charge is -2.25. The van der Waals surface area contributed by atoms with Gasteiger partial charge in [-0.05, 0) is 50.2 Å². The normalized spacial score (nSPS) is 13.3. The van der Waals surface area contributed by atoms with E-state index in [2.05, 4.69) is 58.9 Å². The van der Waals surface area contributed by atoms with Gasteiger partial charge in [-0.3, -0.25) is 4.99 Å². The van der Waals surface area contributed by atoms with Crippen LogP contribution >= 0.6 is 0 Å². The third kappa shape index (κ3) is 7.87. The second-order valence-electron chi connectivity index (χ2n) is 7.35. The molecule has 0 heterocycles. The van der Waals surface area contributed by atoms with Crippen LogP contribution in [0, 0.1) is 0 Å². The van der Waals surface area contributed by atoms with E-state index in [-0.39, 0.29) is 0 Å². The number of benzene rings is 2.